The van der Waals surface area contributed by atoms with Crippen molar-refractivity contribution in [1.29, 1.82) is 0 Å². The highest BCUT2D eigenvalue weighted by Crippen LogP contribution is 2.24. The Morgan fingerprint density at radius 2 is 2.00 bits per heavy atom. The number of sulfonamides is 1. The highest BCUT2D eigenvalue weighted by atomic mass is 32.2. The summed E-state index contributed by atoms with van der Waals surface area (Å²) in [6.45, 7) is 3.80. The van der Waals surface area contributed by atoms with Gasteiger partial charge in [-0.2, -0.15) is 0 Å². The van der Waals surface area contributed by atoms with Crippen LogP contribution < -0.4 is 9.62 Å². The van der Waals surface area contributed by atoms with Crippen molar-refractivity contribution in [3.63, 3.8) is 0 Å². The van der Waals surface area contributed by atoms with Crippen molar-refractivity contribution in [2.45, 2.75) is 24.4 Å². The highest BCUT2D eigenvalue weighted by molar-refractivity contribution is 7.93. The second-order valence-corrected chi connectivity index (χ2v) is 11.0. The van der Waals surface area contributed by atoms with Crippen molar-refractivity contribution in [2.24, 2.45) is 0 Å². The molecular weight excluding hydrogens is 489 g/mol. The minimum Gasteiger partial charge on any atom is -0.368 e. The Balaban J connectivity index is 0.00000304. The lowest BCUT2D eigenvalue weighted by Gasteiger charge is -2.41. The molecule has 2 aromatic heterocycles. The quantitative estimate of drug-likeness (QED) is 0.419. The van der Waals surface area contributed by atoms with Crippen LogP contribution in [0.4, 0.5) is 15.2 Å². The van der Waals surface area contributed by atoms with E-state index >= 15 is 0 Å². The van der Waals surface area contributed by atoms with Crippen LogP contribution in [-0.2, 0) is 21.4 Å². The molecule has 8 nitrogen and oxygen atoms in total. The standard InChI is InChI=1S/C24H24FN5O3S2.H2/c1-17-15-28(19-5-7-20(8-6-19)35(32,33)27-24-26-10-14-34-24)12-13-30(17)22(31)16-29-11-9-18-3-2-4-21(25)23(18)29;/h2-11,14,17H,12-13,15-16H2,1H3,(H,26,27);1H. The first-order valence-corrected chi connectivity index (χ1v) is 13.5. The number of nitrogens with one attached hydrogen (secondary N) is 1. The second kappa shape index (κ2) is 9.31. The van der Waals surface area contributed by atoms with E-state index in [1.54, 1.807) is 46.5 Å². The summed E-state index contributed by atoms with van der Waals surface area (Å²) < 4.78 is 43.5. The van der Waals surface area contributed by atoms with Crippen LogP contribution in [-0.4, -0.2) is 54.5 Å². The van der Waals surface area contributed by atoms with Crippen LogP contribution in [0.5, 0.6) is 0 Å². The molecule has 1 aliphatic heterocycles. The Kier molecular flexibility index (Phi) is 6.20. The van der Waals surface area contributed by atoms with E-state index in [9.17, 15) is 17.6 Å². The van der Waals surface area contributed by atoms with Crippen molar-refractivity contribution >= 4 is 49.0 Å². The number of fused-ring (bicyclic) bond motifs is 1. The minimum atomic E-state index is -3.71. The molecule has 35 heavy (non-hydrogen) atoms. The third-order valence-electron chi connectivity index (χ3n) is 6.16. The molecule has 0 radical (unpaired) electrons. The fourth-order valence-electron chi connectivity index (χ4n) is 4.43. The van der Waals surface area contributed by atoms with Gasteiger partial charge in [-0.15, -0.1) is 11.3 Å². The van der Waals surface area contributed by atoms with Gasteiger partial charge in [0.25, 0.3) is 10.0 Å². The van der Waals surface area contributed by atoms with Crippen LogP contribution in [0.3, 0.4) is 0 Å². The summed E-state index contributed by atoms with van der Waals surface area (Å²) >= 11 is 1.21. The summed E-state index contributed by atoms with van der Waals surface area (Å²) in [5.41, 5.74) is 1.32. The predicted molar refractivity (Wildman–Crippen MR) is 137 cm³/mol. The number of amides is 1. The molecule has 3 heterocycles. The SMILES string of the molecule is CC1CN(c2ccc(S(=O)(=O)Nc3nccs3)cc2)CCN1C(=O)Cn1ccc2cccc(F)c21.[HH]. The number of rotatable bonds is 6. The number of para-hydroxylation sites is 1. The summed E-state index contributed by atoms with van der Waals surface area (Å²) in [6, 6.07) is 13.3. The molecule has 1 aliphatic rings. The number of anilines is 2. The zero-order chi connectivity index (χ0) is 24.6. The molecule has 1 amide bonds. The highest BCUT2D eigenvalue weighted by Gasteiger charge is 2.28. The van der Waals surface area contributed by atoms with E-state index in [0.29, 0.717) is 30.3 Å². The number of carbonyl (C=O) groups is 1. The van der Waals surface area contributed by atoms with Crippen molar-refractivity contribution in [3.05, 3.63) is 72.1 Å². The van der Waals surface area contributed by atoms with Gasteiger partial charge in [-0.25, -0.2) is 17.8 Å². The molecule has 1 fully saturated rings. The first-order chi connectivity index (χ1) is 16.8. The number of aromatic nitrogens is 2. The summed E-state index contributed by atoms with van der Waals surface area (Å²) in [5, 5.41) is 2.79. The molecule has 2 aromatic carbocycles. The monoisotopic (exact) mass is 515 g/mol. The number of benzene rings is 2. The maximum atomic E-state index is 14.3. The van der Waals surface area contributed by atoms with Crippen molar-refractivity contribution in [3.8, 4) is 0 Å². The van der Waals surface area contributed by atoms with Crippen LogP contribution in [0.25, 0.3) is 10.9 Å². The number of hydrogen-bond donors (Lipinski definition) is 1. The first kappa shape index (κ1) is 23.3. The fourth-order valence-corrected chi connectivity index (χ4v) is 6.22. The van der Waals surface area contributed by atoms with Crippen LogP contribution in [0.2, 0.25) is 0 Å². The average molecular weight is 516 g/mol. The van der Waals surface area contributed by atoms with Gasteiger partial charge < -0.3 is 14.4 Å². The van der Waals surface area contributed by atoms with Crippen molar-refractivity contribution < 1.29 is 19.0 Å². The Hall–Kier alpha value is -3.44. The Morgan fingerprint density at radius 1 is 1.20 bits per heavy atom. The molecule has 1 atom stereocenters. The maximum Gasteiger partial charge on any atom is 0.263 e. The molecule has 0 saturated carbocycles. The largest absolute Gasteiger partial charge is 0.368 e. The molecule has 184 valence electrons. The Labute approximate surface area is 208 Å². The van der Waals surface area contributed by atoms with Crippen LogP contribution in [0.15, 0.2) is 71.2 Å². The van der Waals surface area contributed by atoms with E-state index in [2.05, 4.69) is 14.6 Å². The van der Waals surface area contributed by atoms with Gasteiger partial charge in [-0.1, -0.05) is 12.1 Å². The summed E-state index contributed by atoms with van der Waals surface area (Å²) in [4.78, 5) is 21.1. The summed E-state index contributed by atoms with van der Waals surface area (Å²) in [7, 11) is -3.71. The summed E-state index contributed by atoms with van der Waals surface area (Å²) in [6.07, 6.45) is 3.28. The lowest BCUT2D eigenvalue weighted by molar-refractivity contribution is -0.134. The molecule has 1 saturated heterocycles. The molecule has 0 bridgehead atoms. The van der Waals surface area contributed by atoms with E-state index in [1.807, 2.05) is 24.0 Å². The van der Waals surface area contributed by atoms with E-state index in [1.165, 1.54) is 23.6 Å². The molecule has 5 rings (SSSR count). The number of nitrogens with zero attached hydrogens (tertiary/aromatic N) is 4. The molecule has 0 spiro atoms. The third-order valence-corrected chi connectivity index (χ3v) is 8.33. The van der Waals surface area contributed by atoms with Gasteiger partial charge in [0.15, 0.2) is 5.13 Å². The minimum absolute atomic E-state index is 0. The topological polar surface area (TPSA) is 87.5 Å². The normalized spacial score (nSPS) is 16.6. The second-order valence-electron chi connectivity index (χ2n) is 8.44. The maximum absolute atomic E-state index is 14.3. The molecule has 11 heteroatoms. The first-order valence-electron chi connectivity index (χ1n) is 11.1. The van der Waals surface area contributed by atoms with Gasteiger partial charge in [-0.05, 0) is 43.3 Å². The smallest absolute Gasteiger partial charge is 0.263 e. The van der Waals surface area contributed by atoms with Crippen molar-refractivity contribution in [1.82, 2.24) is 14.5 Å². The summed E-state index contributed by atoms with van der Waals surface area (Å²) in [5.74, 6) is -0.405. The Bertz CT molecular complexity index is 1460. The lowest BCUT2D eigenvalue weighted by atomic mass is 10.1. The number of hydrogen-bond acceptors (Lipinski definition) is 6. The van der Waals surface area contributed by atoms with E-state index < -0.39 is 10.0 Å². The molecule has 0 aliphatic carbocycles. The zero-order valence-electron chi connectivity index (χ0n) is 19.0. The Morgan fingerprint density at radius 3 is 2.71 bits per heavy atom. The van der Waals surface area contributed by atoms with Crippen LogP contribution in [0, 0.1) is 5.82 Å². The van der Waals surface area contributed by atoms with Gasteiger partial charge in [0.1, 0.15) is 12.4 Å². The van der Waals surface area contributed by atoms with E-state index in [0.717, 1.165) is 11.1 Å². The number of carbonyl (C=O) groups excluding carboxylic acids is 1. The van der Waals surface area contributed by atoms with Gasteiger partial charge in [0, 0.05) is 56.0 Å². The number of piperazine rings is 1. The van der Waals surface area contributed by atoms with Crippen molar-refractivity contribution in [2.75, 3.05) is 29.3 Å². The molecular formula is C24H26FN5O3S2. The lowest BCUT2D eigenvalue weighted by Crippen LogP contribution is -2.54. The molecule has 1 N–H and O–H groups in total. The van der Waals surface area contributed by atoms with Gasteiger partial charge in [-0.3, -0.25) is 9.52 Å². The van der Waals surface area contributed by atoms with Gasteiger partial charge in [0.05, 0.1) is 10.4 Å². The number of thiazole rings is 1. The molecule has 1 unspecified atom stereocenters. The van der Waals surface area contributed by atoms with E-state index in [-0.39, 0.29) is 30.6 Å². The van der Waals surface area contributed by atoms with Crippen LogP contribution in [0.1, 0.15) is 8.35 Å². The fraction of sp³-hybridized carbons (Fsp3) is 0.250. The van der Waals surface area contributed by atoms with E-state index in [4.69, 9.17) is 0 Å². The average Bonchev–Trinajstić information content (AvgIpc) is 3.49. The zero-order valence-corrected chi connectivity index (χ0v) is 20.6. The third kappa shape index (κ3) is 4.73. The molecule has 4 aromatic rings. The van der Waals surface area contributed by atoms with Gasteiger partial charge >= 0.3 is 0 Å². The predicted octanol–water partition coefficient (Wildman–Crippen LogP) is 4.02. The van der Waals surface area contributed by atoms with Crippen LogP contribution >= 0.6 is 11.3 Å². The van der Waals surface area contributed by atoms with Gasteiger partial charge in [0.2, 0.25) is 5.91 Å². The number of halogens is 1.